The van der Waals surface area contributed by atoms with Crippen molar-refractivity contribution in [1.82, 2.24) is 5.48 Å². The lowest BCUT2D eigenvalue weighted by molar-refractivity contribution is -0.263. The van der Waals surface area contributed by atoms with Gasteiger partial charge >= 0.3 is 17.1 Å². The van der Waals surface area contributed by atoms with Crippen LogP contribution in [-0.2, 0) is 29.1 Å². The number of fused-ring (bicyclic) bond motifs is 2. The second kappa shape index (κ2) is 11.6. The quantitative estimate of drug-likeness (QED) is 0.198. The topological polar surface area (TPSA) is 102 Å². The van der Waals surface area contributed by atoms with Gasteiger partial charge in [-0.3, -0.25) is 4.84 Å². The van der Waals surface area contributed by atoms with E-state index >= 15 is 0 Å². The molecule has 2 bridgehead atoms. The van der Waals surface area contributed by atoms with Crippen LogP contribution in [-0.4, -0.2) is 50.8 Å². The molecule has 0 aromatic heterocycles. The molecule has 1 saturated carbocycles. The van der Waals surface area contributed by atoms with Gasteiger partial charge in [0.15, 0.2) is 6.29 Å². The smallest absolute Gasteiger partial charge is 0.335 e. The first-order chi connectivity index (χ1) is 18.3. The molecule has 4 fully saturated rings. The summed E-state index contributed by atoms with van der Waals surface area (Å²) in [5, 5.41) is 21.9. The van der Waals surface area contributed by atoms with Crippen molar-refractivity contribution >= 4 is 33.1 Å². The molecule has 1 aromatic rings. The van der Waals surface area contributed by atoms with Crippen LogP contribution in [0.1, 0.15) is 73.8 Å². The van der Waals surface area contributed by atoms with E-state index in [0.29, 0.717) is 6.42 Å². The summed E-state index contributed by atoms with van der Waals surface area (Å²) in [4.78, 5) is 6.09. The first kappa shape index (κ1) is 31.3. The van der Waals surface area contributed by atoms with Gasteiger partial charge < -0.3 is 22.8 Å². The van der Waals surface area contributed by atoms with Crippen molar-refractivity contribution in [2.75, 3.05) is 0 Å². The molecule has 4 aliphatic rings. The van der Waals surface area contributed by atoms with Crippen LogP contribution in [0.15, 0.2) is 30.3 Å². The van der Waals surface area contributed by atoms with Gasteiger partial charge in [0.1, 0.15) is 10.0 Å². The largest absolute Gasteiger partial charge is 0.414 e. The van der Waals surface area contributed by atoms with Crippen LogP contribution in [0.3, 0.4) is 0 Å². The Bertz CT molecular complexity index is 1020. The van der Waals surface area contributed by atoms with Crippen LogP contribution < -0.4 is 5.48 Å². The zero-order valence-electron chi connectivity index (χ0n) is 24.4. The van der Waals surface area contributed by atoms with E-state index in [1.165, 1.54) is 0 Å². The van der Waals surface area contributed by atoms with Crippen LogP contribution in [0.5, 0.6) is 0 Å². The van der Waals surface area contributed by atoms with E-state index in [1.54, 1.807) is 0 Å². The number of rotatable bonds is 8. The van der Waals surface area contributed by atoms with Gasteiger partial charge in [-0.15, -0.1) is 0 Å². The van der Waals surface area contributed by atoms with Crippen LogP contribution in [0.4, 0.5) is 0 Å². The number of hydrogen-bond donors (Lipinski definition) is 2. The molecule has 0 amide bonds. The zero-order valence-corrected chi connectivity index (χ0v) is 28.0. The molecule has 1 aliphatic carbocycles. The molecule has 1 unspecified atom stereocenters. The summed E-state index contributed by atoms with van der Waals surface area (Å²) >= 11 is 3.74. The Hall–Kier alpha value is -0.656. The van der Waals surface area contributed by atoms with Gasteiger partial charge in [-0.1, -0.05) is 102 Å². The van der Waals surface area contributed by atoms with Gasteiger partial charge in [0, 0.05) is 6.42 Å². The number of halogens is 1. The Morgan fingerprint density at radius 2 is 1.56 bits per heavy atom. The van der Waals surface area contributed by atoms with Crippen molar-refractivity contribution in [3.05, 3.63) is 35.9 Å². The number of benzene rings is 1. The van der Waals surface area contributed by atoms with E-state index < -0.39 is 51.6 Å². The first-order valence-corrected chi connectivity index (χ1v) is 18.9. The Morgan fingerprint density at radius 3 is 2.10 bits per heavy atom. The lowest BCUT2D eigenvalue weighted by Gasteiger charge is -2.51. The lowest BCUT2D eigenvalue weighted by Crippen LogP contribution is -2.70. The minimum atomic E-state index is -2.98. The molecule has 2 N–H and O–H groups in total. The van der Waals surface area contributed by atoms with E-state index in [4.69, 9.17) is 22.5 Å². The molecule has 39 heavy (non-hydrogen) atoms. The molecule has 218 valence electrons. The molecule has 0 radical (unpaired) electrons. The Kier molecular flexibility index (Phi) is 9.27. The standard InChI is InChI=1S/C28H45BrN2O6Si2/c1-18(2)38(19(3)4)35-24-15-28(29)23(16-30)14-27(26(32)34-28,31-33-17-22-12-10-9-11-13-22)25(24)36-39(37-38,20(5)6)21(7)8/h9-13,18-21,23-26,31-32H,14-15,17H2,1-8H3/t23-,24+,25-,26-,27?,28-/m1/s1. The van der Waals surface area contributed by atoms with Crippen molar-refractivity contribution in [2.45, 2.75) is 126 Å². The number of hydroxylamine groups is 1. The summed E-state index contributed by atoms with van der Waals surface area (Å²) in [6.45, 7) is 17.7. The average Bonchev–Trinajstić information content (AvgIpc) is 3.12. The fraction of sp³-hybridized carbons (Fsp3) is 0.750. The molecular formula is C28H45BrN2O6Si2. The van der Waals surface area contributed by atoms with Crippen molar-refractivity contribution in [3.63, 3.8) is 0 Å². The fourth-order valence-corrected chi connectivity index (χ4v) is 18.7. The van der Waals surface area contributed by atoms with E-state index in [-0.39, 0.29) is 35.2 Å². The molecule has 5 rings (SSSR count). The van der Waals surface area contributed by atoms with Gasteiger partial charge in [-0.25, -0.2) is 0 Å². The normalized spacial score (nSPS) is 35.6. The van der Waals surface area contributed by atoms with Crippen LogP contribution >= 0.6 is 15.9 Å². The van der Waals surface area contributed by atoms with Gasteiger partial charge in [-0.05, 0) is 34.1 Å². The van der Waals surface area contributed by atoms with Crippen molar-refractivity contribution < 1.29 is 27.6 Å². The Balaban J connectivity index is 1.86. The third-order valence-corrected chi connectivity index (χ3v) is 20.2. The number of ether oxygens (including phenoxy) is 1. The second-order valence-corrected chi connectivity index (χ2v) is 22.8. The SMILES string of the molecule is CC(C)[Si]1(C(C)C)O[C@H]2C[C@@]3(Br)O[C@@H](O)C(NOCc4ccccc4)(C[C@@H]3C#N)[C@@H]2O[Si](C(C)C)(C(C)C)O1. The molecule has 3 heterocycles. The summed E-state index contributed by atoms with van der Waals surface area (Å²) in [5.74, 6) is -0.572. The number of nitrogens with one attached hydrogen (secondary N) is 1. The highest BCUT2D eigenvalue weighted by Gasteiger charge is 2.70. The van der Waals surface area contributed by atoms with E-state index in [1.807, 2.05) is 30.3 Å². The maximum atomic E-state index is 11.7. The molecular weight excluding hydrogens is 596 g/mol. The fourth-order valence-electron chi connectivity index (χ4n) is 6.61. The van der Waals surface area contributed by atoms with Crippen LogP contribution in [0, 0.1) is 17.2 Å². The zero-order chi connectivity index (χ0) is 28.8. The molecule has 11 heteroatoms. The molecule has 3 aliphatic heterocycles. The summed E-state index contributed by atoms with van der Waals surface area (Å²) < 4.78 is 27.1. The van der Waals surface area contributed by atoms with Gasteiger partial charge in [0.2, 0.25) is 0 Å². The number of aliphatic hydroxyl groups excluding tert-OH is 1. The van der Waals surface area contributed by atoms with Crippen LogP contribution in [0.2, 0.25) is 22.2 Å². The van der Waals surface area contributed by atoms with E-state index in [0.717, 1.165) is 5.56 Å². The predicted octanol–water partition coefficient (Wildman–Crippen LogP) is 6.14. The first-order valence-electron chi connectivity index (χ1n) is 14.2. The van der Waals surface area contributed by atoms with Crippen LogP contribution in [0.25, 0.3) is 0 Å². The Morgan fingerprint density at radius 1 is 1.00 bits per heavy atom. The lowest BCUT2D eigenvalue weighted by atomic mass is 9.81. The highest BCUT2D eigenvalue weighted by molar-refractivity contribution is 9.10. The van der Waals surface area contributed by atoms with Gasteiger partial charge in [-0.2, -0.15) is 10.7 Å². The highest BCUT2D eigenvalue weighted by atomic mass is 79.9. The van der Waals surface area contributed by atoms with Crippen molar-refractivity contribution in [3.8, 4) is 6.07 Å². The third kappa shape index (κ3) is 5.35. The summed E-state index contributed by atoms with van der Waals surface area (Å²) in [7, 11) is -5.87. The minimum absolute atomic E-state index is 0.120. The van der Waals surface area contributed by atoms with Gasteiger partial charge in [0.05, 0.1) is 30.8 Å². The molecule has 3 saturated heterocycles. The summed E-state index contributed by atoms with van der Waals surface area (Å²) in [5.41, 5.74) is 3.48. The van der Waals surface area contributed by atoms with E-state index in [2.05, 4.69) is 82.9 Å². The summed E-state index contributed by atoms with van der Waals surface area (Å²) in [6.07, 6.45) is -1.87. The number of alkyl halides is 1. The maximum absolute atomic E-state index is 11.7. The number of hydrogen-bond acceptors (Lipinski definition) is 8. The maximum Gasteiger partial charge on any atom is 0.335 e. The second-order valence-electron chi connectivity index (χ2n) is 12.6. The Labute approximate surface area is 244 Å². The van der Waals surface area contributed by atoms with Crippen molar-refractivity contribution in [2.24, 2.45) is 5.92 Å². The molecule has 6 atom stereocenters. The molecule has 8 nitrogen and oxygen atoms in total. The minimum Gasteiger partial charge on any atom is -0.414 e. The molecule has 1 aromatic carbocycles. The predicted molar refractivity (Wildman–Crippen MR) is 157 cm³/mol. The van der Waals surface area contributed by atoms with E-state index in [9.17, 15) is 10.4 Å². The average molecular weight is 642 g/mol. The highest BCUT2D eigenvalue weighted by Crippen LogP contribution is 2.57. The monoisotopic (exact) mass is 640 g/mol. The van der Waals surface area contributed by atoms with Crippen molar-refractivity contribution in [1.29, 1.82) is 5.26 Å². The summed E-state index contributed by atoms with van der Waals surface area (Å²) in [6, 6.07) is 12.2. The number of nitrogens with zero attached hydrogens (tertiary/aromatic N) is 1. The molecule has 0 spiro atoms. The van der Waals surface area contributed by atoms with Gasteiger partial charge in [0.25, 0.3) is 0 Å². The third-order valence-electron chi connectivity index (χ3n) is 8.82. The number of nitriles is 1. The number of aliphatic hydroxyl groups is 1.